The van der Waals surface area contributed by atoms with Crippen LogP contribution >= 0.6 is 11.6 Å². The summed E-state index contributed by atoms with van der Waals surface area (Å²) in [6, 6.07) is 6.28. The van der Waals surface area contributed by atoms with Crippen molar-refractivity contribution in [3.63, 3.8) is 0 Å². The van der Waals surface area contributed by atoms with E-state index in [2.05, 4.69) is 4.98 Å². The fraction of sp³-hybridized carbons (Fsp3) is 0.0833. The van der Waals surface area contributed by atoms with Crippen LogP contribution in [0, 0.1) is 5.82 Å². The average Bonchev–Trinajstić information content (AvgIpc) is 2.32. The first-order chi connectivity index (χ1) is 8.13. The molecule has 5 heteroatoms. The van der Waals surface area contributed by atoms with Crippen molar-refractivity contribution in [2.45, 2.75) is 0 Å². The third kappa shape index (κ3) is 2.17. The molecule has 0 fully saturated rings. The van der Waals surface area contributed by atoms with Gasteiger partial charge >= 0.3 is 0 Å². The van der Waals surface area contributed by atoms with Crippen LogP contribution in [0.15, 0.2) is 30.5 Å². The van der Waals surface area contributed by atoms with Crippen molar-refractivity contribution in [2.75, 3.05) is 12.8 Å². The van der Waals surface area contributed by atoms with Crippen molar-refractivity contribution in [1.29, 1.82) is 0 Å². The van der Waals surface area contributed by atoms with E-state index in [0.717, 1.165) is 0 Å². The summed E-state index contributed by atoms with van der Waals surface area (Å²) in [5.41, 5.74) is 7.39. The number of hydrogen-bond acceptors (Lipinski definition) is 3. The van der Waals surface area contributed by atoms with Crippen LogP contribution in [0.3, 0.4) is 0 Å². The van der Waals surface area contributed by atoms with E-state index in [1.807, 2.05) is 0 Å². The van der Waals surface area contributed by atoms with Gasteiger partial charge in [-0.3, -0.25) is 0 Å². The van der Waals surface area contributed by atoms with Crippen LogP contribution in [0.5, 0.6) is 5.75 Å². The Labute approximate surface area is 103 Å². The Morgan fingerprint density at radius 1 is 1.35 bits per heavy atom. The van der Waals surface area contributed by atoms with Crippen molar-refractivity contribution in [1.82, 2.24) is 4.98 Å². The molecule has 1 heterocycles. The van der Waals surface area contributed by atoms with Crippen molar-refractivity contribution in [3.05, 3.63) is 41.4 Å². The van der Waals surface area contributed by atoms with Gasteiger partial charge in [0.2, 0.25) is 0 Å². The molecule has 17 heavy (non-hydrogen) atoms. The molecule has 88 valence electrons. The number of nitrogens with zero attached hydrogens (tertiary/aromatic N) is 1. The summed E-state index contributed by atoms with van der Waals surface area (Å²) >= 11 is 5.81. The lowest BCUT2D eigenvalue weighted by atomic mass is 10.1. The van der Waals surface area contributed by atoms with Gasteiger partial charge in [-0.1, -0.05) is 17.7 Å². The fourth-order valence-electron chi connectivity index (χ4n) is 1.53. The maximum Gasteiger partial charge on any atom is 0.165 e. The lowest BCUT2D eigenvalue weighted by Gasteiger charge is -2.08. The van der Waals surface area contributed by atoms with E-state index in [-0.39, 0.29) is 10.9 Å². The molecule has 0 saturated carbocycles. The number of hydrogen-bond donors (Lipinski definition) is 1. The molecule has 0 bridgehead atoms. The molecule has 0 unspecified atom stereocenters. The minimum absolute atomic E-state index is 0.187. The molecule has 3 nitrogen and oxygen atoms in total. The van der Waals surface area contributed by atoms with Crippen molar-refractivity contribution in [2.24, 2.45) is 0 Å². The van der Waals surface area contributed by atoms with Gasteiger partial charge in [-0.2, -0.15) is 0 Å². The smallest absolute Gasteiger partial charge is 0.165 e. The van der Waals surface area contributed by atoms with Gasteiger partial charge < -0.3 is 10.5 Å². The minimum atomic E-state index is -0.447. The molecule has 0 saturated heterocycles. The van der Waals surface area contributed by atoms with E-state index in [0.29, 0.717) is 16.8 Å². The number of benzene rings is 1. The zero-order chi connectivity index (χ0) is 12.4. The highest BCUT2D eigenvalue weighted by Gasteiger charge is 2.09. The average molecular weight is 253 g/mol. The maximum absolute atomic E-state index is 13.6. The van der Waals surface area contributed by atoms with Crippen LogP contribution in [-0.4, -0.2) is 12.1 Å². The molecular formula is C12H10ClFN2O. The Kier molecular flexibility index (Phi) is 3.15. The summed E-state index contributed by atoms with van der Waals surface area (Å²) in [6.07, 6.45) is 1.52. The molecule has 2 aromatic rings. The molecule has 0 amide bonds. The lowest BCUT2D eigenvalue weighted by Crippen LogP contribution is -1.94. The zero-order valence-corrected chi connectivity index (χ0v) is 9.83. The highest BCUT2D eigenvalue weighted by Crippen LogP contribution is 2.32. The number of nitrogens with two attached hydrogens (primary N) is 1. The van der Waals surface area contributed by atoms with Gasteiger partial charge in [0.15, 0.2) is 16.7 Å². The number of anilines is 1. The number of halogens is 2. The van der Waals surface area contributed by atoms with Crippen LogP contribution in [0.1, 0.15) is 0 Å². The van der Waals surface area contributed by atoms with E-state index in [4.69, 9.17) is 22.1 Å². The van der Waals surface area contributed by atoms with Crippen molar-refractivity contribution < 1.29 is 9.13 Å². The molecule has 1 aromatic heterocycles. The van der Waals surface area contributed by atoms with Crippen LogP contribution in [-0.2, 0) is 0 Å². The van der Waals surface area contributed by atoms with E-state index < -0.39 is 5.82 Å². The van der Waals surface area contributed by atoms with Crippen LogP contribution in [0.2, 0.25) is 5.15 Å². The number of nitrogen functional groups attached to an aromatic ring is 1. The van der Waals surface area contributed by atoms with Gasteiger partial charge in [-0.05, 0) is 23.8 Å². The van der Waals surface area contributed by atoms with Crippen LogP contribution in [0.25, 0.3) is 11.1 Å². The fourth-order valence-corrected chi connectivity index (χ4v) is 1.69. The topological polar surface area (TPSA) is 48.1 Å². The van der Waals surface area contributed by atoms with Gasteiger partial charge in [0.05, 0.1) is 12.8 Å². The lowest BCUT2D eigenvalue weighted by molar-refractivity contribution is 0.386. The van der Waals surface area contributed by atoms with E-state index in [9.17, 15) is 4.39 Å². The Bertz CT molecular complexity index is 560. The van der Waals surface area contributed by atoms with Gasteiger partial charge in [0, 0.05) is 11.8 Å². The minimum Gasteiger partial charge on any atom is -0.494 e. The number of aromatic nitrogens is 1. The Morgan fingerprint density at radius 2 is 2.12 bits per heavy atom. The third-order valence-electron chi connectivity index (χ3n) is 2.40. The second-order valence-electron chi connectivity index (χ2n) is 3.41. The van der Waals surface area contributed by atoms with Gasteiger partial charge in [-0.25, -0.2) is 9.37 Å². The molecule has 0 spiro atoms. The van der Waals surface area contributed by atoms with Gasteiger partial charge in [0.25, 0.3) is 0 Å². The summed E-state index contributed by atoms with van der Waals surface area (Å²) < 4.78 is 18.4. The molecule has 0 radical (unpaired) electrons. The Hall–Kier alpha value is -1.81. The summed E-state index contributed by atoms with van der Waals surface area (Å²) in [5, 5.41) is 0.207. The molecule has 2 N–H and O–H groups in total. The Morgan fingerprint density at radius 3 is 2.76 bits per heavy atom. The summed E-state index contributed by atoms with van der Waals surface area (Å²) in [7, 11) is 1.41. The molecule has 0 aliphatic heterocycles. The maximum atomic E-state index is 13.6. The quantitative estimate of drug-likeness (QED) is 0.836. The van der Waals surface area contributed by atoms with E-state index >= 15 is 0 Å². The van der Waals surface area contributed by atoms with Crippen molar-refractivity contribution >= 4 is 17.3 Å². The van der Waals surface area contributed by atoms with Gasteiger partial charge in [0.1, 0.15) is 0 Å². The summed E-state index contributed by atoms with van der Waals surface area (Å²) in [6.45, 7) is 0. The van der Waals surface area contributed by atoms with Crippen LogP contribution < -0.4 is 10.5 Å². The first-order valence-corrected chi connectivity index (χ1v) is 5.25. The zero-order valence-electron chi connectivity index (χ0n) is 9.08. The summed E-state index contributed by atoms with van der Waals surface area (Å²) in [5.74, 6) is -0.259. The second kappa shape index (κ2) is 4.59. The van der Waals surface area contributed by atoms with Gasteiger partial charge in [-0.15, -0.1) is 0 Å². The second-order valence-corrected chi connectivity index (χ2v) is 3.77. The van der Waals surface area contributed by atoms with E-state index in [1.54, 1.807) is 18.2 Å². The third-order valence-corrected chi connectivity index (χ3v) is 2.71. The first-order valence-electron chi connectivity index (χ1n) is 4.87. The molecular weight excluding hydrogens is 243 g/mol. The largest absolute Gasteiger partial charge is 0.494 e. The predicted octanol–water partition coefficient (Wildman–Crippen LogP) is 3.13. The molecule has 2 rings (SSSR count). The number of pyridine rings is 1. The van der Waals surface area contributed by atoms with Crippen LogP contribution in [0.4, 0.5) is 10.1 Å². The molecule has 0 aliphatic rings. The van der Waals surface area contributed by atoms with Crippen molar-refractivity contribution in [3.8, 4) is 16.9 Å². The molecule has 0 aliphatic carbocycles. The van der Waals surface area contributed by atoms with E-state index in [1.165, 1.54) is 19.4 Å². The molecule has 1 aromatic carbocycles. The number of methoxy groups -OCH3 is 1. The standard InChI is InChI=1S/C12H10ClFN2O/c1-17-10-3-2-7(6-9(10)14)8-4-5-16-12(13)11(8)15/h2-6H,15H2,1H3. The highest BCUT2D eigenvalue weighted by atomic mass is 35.5. The number of ether oxygens (including phenoxy) is 1. The Balaban J connectivity index is 2.54. The first kappa shape index (κ1) is 11.7. The predicted molar refractivity (Wildman–Crippen MR) is 65.6 cm³/mol. The monoisotopic (exact) mass is 252 g/mol. The molecule has 0 atom stereocenters. The highest BCUT2D eigenvalue weighted by molar-refractivity contribution is 6.32. The normalized spacial score (nSPS) is 10.3. The summed E-state index contributed by atoms with van der Waals surface area (Å²) in [4.78, 5) is 3.84. The SMILES string of the molecule is COc1ccc(-c2ccnc(Cl)c2N)cc1F. The number of rotatable bonds is 2.